The molecule has 0 fully saturated rings. The summed E-state index contributed by atoms with van der Waals surface area (Å²) in [7, 11) is 0. The van der Waals surface area contributed by atoms with Gasteiger partial charge >= 0.3 is 0 Å². The topological polar surface area (TPSA) is 26.0 Å². The fourth-order valence-corrected chi connectivity index (χ4v) is 2.00. The predicted octanol–water partition coefficient (Wildman–Crippen LogP) is 4.39. The highest BCUT2D eigenvalue weighted by molar-refractivity contribution is 6.35. The lowest BCUT2D eigenvalue weighted by Crippen LogP contribution is -1.83. The van der Waals surface area contributed by atoms with Crippen LogP contribution in [0.2, 0.25) is 10.0 Å². The van der Waals surface area contributed by atoms with Crippen molar-refractivity contribution in [1.82, 2.24) is 4.98 Å². The largest absolute Gasteiger partial charge is 0.443 e. The van der Waals surface area contributed by atoms with Crippen molar-refractivity contribution < 1.29 is 4.42 Å². The SMILES string of the molecule is ClCc1ncoc1-c1cc(Cl)cc(Cl)c1. The zero-order chi connectivity index (χ0) is 10.8. The number of hydrogen-bond donors (Lipinski definition) is 0. The molecule has 1 aromatic carbocycles. The third-order valence-corrected chi connectivity index (χ3v) is 2.58. The van der Waals surface area contributed by atoms with Crippen LogP contribution < -0.4 is 0 Å². The van der Waals surface area contributed by atoms with Gasteiger partial charge in [0.15, 0.2) is 12.2 Å². The molecule has 15 heavy (non-hydrogen) atoms. The van der Waals surface area contributed by atoms with E-state index < -0.39 is 0 Å². The molecule has 0 amide bonds. The van der Waals surface area contributed by atoms with Gasteiger partial charge in [-0.05, 0) is 18.2 Å². The van der Waals surface area contributed by atoms with Gasteiger partial charge in [-0.15, -0.1) is 11.6 Å². The van der Waals surface area contributed by atoms with Crippen molar-refractivity contribution in [3.8, 4) is 11.3 Å². The molecule has 0 atom stereocenters. The van der Waals surface area contributed by atoms with E-state index >= 15 is 0 Å². The van der Waals surface area contributed by atoms with Gasteiger partial charge in [0.05, 0.1) is 5.88 Å². The van der Waals surface area contributed by atoms with E-state index in [9.17, 15) is 0 Å². The van der Waals surface area contributed by atoms with E-state index in [4.69, 9.17) is 39.2 Å². The summed E-state index contributed by atoms with van der Waals surface area (Å²) >= 11 is 17.5. The van der Waals surface area contributed by atoms with Crippen molar-refractivity contribution in [2.45, 2.75) is 5.88 Å². The molecule has 0 bridgehead atoms. The quantitative estimate of drug-likeness (QED) is 0.750. The summed E-state index contributed by atoms with van der Waals surface area (Å²) < 4.78 is 5.24. The minimum Gasteiger partial charge on any atom is -0.443 e. The Balaban J connectivity index is 2.53. The van der Waals surface area contributed by atoms with Crippen molar-refractivity contribution >= 4 is 34.8 Å². The van der Waals surface area contributed by atoms with E-state index in [1.807, 2.05) is 0 Å². The number of halogens is 3. The van der Waals surface area contributed by atoms with Crippen molar-refractivity contribution in [3.05, 3.63) is 40.3 Å². The average Bonchev–Trinajstić information content (AvgIpc) is 2.63. The molecule has 0 radical (unpaired) electrons. The zero-order valence-electron chi connectivity index (χ0n) is 7.51. The third kappa shape index (κ3) is 2.28. The van der Waals surface area contributed by atoms with Crippen molar-refractivity contribution in [2.75, 3.05) is 0 Å². The Hall–Kier alpha value is -0.700. The fourth-order valence-electron chi connectivity index (χ4n) is 1.28. The van der Waals surface area contributed by atoms with Crippen LogP contribution in [0, 0.1) is 0 Å². The Kier molecular flexibility index (Phi) is 3.19. The predicted molar refractivity (Wildman–Crippen MR) is 61.5 cm³/mol. The summed E-state index contributed by atoms with van der Waals surface area (Å²) in [6.07, 6.45) is 1.35. The molecule has 0 aliphatic carbocycles. The van der Waals surface area contributed by atoms with E-state index in [2.05, 4.69) is 4.98 Å². The van der Waals surface area contributed by atoms with Crippen molar-refractivity contribution in [1.29, 1.82) is 0 Å². The molecular formula is C10H6Cl3NO. The maximum atomic E-state index is 5.88. The van der Waals surface area contributed by atoms with Crippen LogP contribution in [0.4, 0.5) is 0 Å². The second-order valence-corrected chi connectivity index (χ2v) is 4.06. The van der Waals surface area contributed by atoms with Gasteiger partial charge in [-0.25, -0.2) is 4.98 Å². The molecule has 0 saturated heterocycles. The molecule has 0 aliphatic rings. The van der Waals surface area contributed by atoms with Gasteiger partial charge in [0.25, 0.3) is 0 Å². The Morgan fingerprint density at radius 3 is 2.40 bits per heavy atom. The Morgan fingerprint density at radius 1 is 1.13 bits per heavy atom. The smallest absolute Gasteiger partial charge is 0.181 e. The third-order valence-electron chi connectivity index (χ3n) is 1.89. The second-order valence-electron chi connectivity index (χ2n) is 2.92. The van der Waals surface area contributed by atoms with Crippen LogP contribution in [0.3, 0.4) is 0 Å². The Morgan fingerprint density at radius 2 is 1.80 bits per heavy atom. The molecule has 78 valence electrons. The average molecular weight is 263 g/mol. The Bertz CT molecular complexity index is 461. The van der Waals surface area contributed by atoms with E-state index in [1.54, 1.807) is 18.2 Å². The van der Waals surface area contributed by atoms with E-state index in [-0.39, 0.29) is 5.88 Å². The molecule has 0 aliphatic heterocycles. The van der Waals surface area contributed by atoms with Gasteiger partial charge in [0.1, 0.15) is 5.69 Å². The highest BCUT2D eigenvalue weighted by Crippen LogP contribution is 2.29. The minimum absolute atomic E-state index is 0.288. The van der Waals surface area contributed by atoms with Gasteiger partial charge in [0.2, 0.25) is 0 Å². The molecule has 2 aromatic rings. The number of hydrogen-bond acceptors (Lipinski definition) is 2. The molecule has 1 heterocycles. The maximum absolute atomic E-state index is 5.88. The van der Waals surface area contributed by atoms with Crippen LogP contribution in [0.25, 0.3) is 11.3 Å². The summed E-state index contributed by atoms with van der Waals surface area (Å²) in [5, 5.41) is 1.10. The number of rotatable bonds is 2. The van der Waals surface area contributed by atoms with Gasteiger partial charge < -0.3 is 4.42 Å². The molecule has 1 aromatic heterocycles. The summed E-state index contributed by atoms with van der Waals surface area (Å²) in [6.45, 7) is 0. The highest BCUT2D eigenvalue weighted by Gasteiger charge is 2.10. The zero-order valence-corrected chi connectivity index (χ0v) is 9.77. The van der Waals surface area contributed by atoms with Crippen LogP contribution in [-0.4, -0.2) is 4.98 Å². The molecular weight excluding hydrogens is 256 g/mol. The number of nitrogens with zero attached hydrogens (tertiary/aromatic N) is 1. The van der Waals surface area contributed by atoms with Gasteiger partial charge in [-0.1, -0.05) is 23.2 Å². The van der Waals surface area contributed by atoms with Crippen LogP contribution in [0.1, 0.15) is 5.69 Å². The standard InChI is InChI=1S/C10H6Cl3NO/c11-4-9-10(15-5-14-9)6-1-7(12)3-8(13)2-6/h1-3,5H,4H2. The van der Waals surface area contributed by atoms with Crippen LogP contribution in [-0.2, 0) is 5.88 Å². The summed E-state index contributed by atoms with van der Waals surface area (Å²) in [6, 6.07) is 5.16. The molecule has 2 rings (SSSR count). The van der Waals surface area contributed by atoms with Gasteiger partial charge in [0, 0.05) is 15.6 Å². The highest BCUT2D eigenvalue weighted by atomic mass is 35.5. The first-order valence-corrected chi connectivity index (χ1v) is 5.44. The van der Waals surface area contributed by atoms with Crippen molar-refractivity contribution in [3.63, 3.8) is 0 Å². The molecule has 0 N–H and O–H groups in total. The number of benzene rings is 1. The van der Waals surface area contributed by atoms with Crippen molar-refractivity contribution in [2.24, 2.45) is 0 Å². The van der Waals surface area contributed by atoms with Gasteiger partial charge in [-0.3, -0.25) is 0 Å². The lowest BCUT2D eigenvalue weighted by Gasteiger charge is -2.00. The summed E-state index contributed by atoms with van der Waals surface area (Å²) in [5.74, 6) is 0.894. The first-order chi connectivity index (χ1) is 7.20. The second kappa shape index (κ2) is 4.44. The Labute approximate surface area is 102 Å². The first kappa shape index (κ1) is 10.8. The fraction of sp³-hybridized carbons (Fsp3) is 0.100. The first-order valence-electron chi connectivity index (χ1n) is 4.15. The number of oxazole rings is 1. The van der Waals surface area contributed by atoms with E-state index in [0.29, 0.717) is 21.5 Å². The molecule has 0 saturated carbocycles. The summed E-state index contributed by atoms with van der Waals surface area (Å²) in [5.41, 5.74) is 1.45. The molecule has 0 spiro atoms. The normalized spacial score (nSPS) is 10.6. The van der Waals surface area contributed by atoms with E-state index in [1.165, 1.54) is 6.39 Å². The van der Waals surface area contributed by atoms with Gasteiger partial charge in [-0.2, -0.15) is 0 Å². The van der Waals surface area contributed by atoms with Crippen LogP contribution in [0.5, 0.6) is 0 Å². The van der Waals surface area contributed by atoms with E-state index in [0.717, 1.165) is 5.56 Å². The molecule has 5 heteroatoms. The number of alkyl halides is 1. The monoisotopic (exact) mass is 261 g/mol. The lowest BCUT2D eigenvalue weighted by molar-refractivity contribution is 0.571. The maximum Gasteiger partial charge on any atom is 0.181 e. The minimum atomic E-state index is 0.288. The number of aromatic nitrogens is 1. The lowest BCUT2D eigenvalue weighted by atomic mass is 10.1. The molecule has 0 unspecified atom stereocenters. The van der Waals surface area contributed by atoms with Crippen LogP contribution in [0.15, 0.2) is 29.0 Å². The van der Waals surface area contributed by atoms with Crippen LogP contribution >= 0.6 is 34.8 Å². The molecule has 2 nitrogen and oxygen atoms in total. The summed E-state index contributed by atoms with van der Waals surface area (Å²) in [4.78, 5) is 3.99.